The Morgan fingerprint density at radius 3 is 2.46 bits per heavy atom. The van der Waals surface area contributed by atoms with Gasteiger partial charge in [0.15, 0.2) is 9.84 Å². The van der Waals surface area contributed by atoms with Crippen LogP contribution in [0.15, 0.2) is 53.7 Å². The molecule has 2 atom stereocenters. The summed E-state index contributed by atoms with van der Waals surface area (Å²) in [5, 5.41) is 0. The molecular weight excluding hydrogens is 378 g/mol. The van der Waals surface area contributed by atoms with Crippen molar-refractivity contribution in [3.05, 3.63) is 54.4 Å². The summed E-state index contributed by atoms with van der Waals surface area (Å²) in [4.78, 5) is 16.7. The number of benzene rings is 1. The van der Waals surface area contributed by atoms with Crippen LogP contribution >= 0.6 is 0 Å². The van der Waals surface area contributed by atoms with E-state index < -0.39 is 15.8 Å². The highest BCUT2D eigenvalue weighted by Gasteiger charge is 2.26. The molecule has 1 aromatic heterocycles. The lowest BCUT2D eigenvalue weighted by molar-refractivity contribution is -0.148. The molecule has 0 N–H and O–H groups in total. The summed E-state index contributed by atoms with van der Waals surface area (Å²) in [6.45, 7) is 3.90. The van der Waals surface area contributed by atoms with Gasteiger partial charge in [-0.15, -0.1) is 0 Å². The number of ether oxygens (including phenoxy) is 2. The van der Waals surface area contributed by atoms with E-state index in [1.807, 2.05) is 19.1 Å². The molecule has 2 unspecified atom stereocenters. The molecule has 0 saturated heterocycles. The van der Waals surface area contributed by atoms with E-state index in [1.165, 1.54) is 7.11 Å². The highest BCUT2D eigenvalue weighted by atomic mass is 32.2. The van der Waals surface area contributed by atoms with Crippen molar-refractivity contribution in [2.75, 3.05) is 19.5 Å². The Balaban J connectivity index is 2.08. The molecule has 1 heterocycles. The fraction of sp³-hybridized carbons (Fsp3) is 0.429. The molecule has 2 aromatic rings. The van der Waals surface area contributed by atoms with Crippen molar-refractivity contribution in [1.82, 2.24) is 4.98 Å². The molecule has 0 radical (unpaired) electrons. The smallest absolute Gasteiger partial charge is 0.309 e. The average molecular weight is 406 g/mol. The number of aromatic nitrogens is 1. The van der Waals surface area contributed by atoms with E-state index in [0.29, 0.717) is 25.2 Å². The van der Waals surface area contributed by atoms with Crippen molar-refractivity contribution in [1.29, 1.82) is 0 Å². The van der Waals surface area contributed by atoms with Crippen LogP contribution in [0.2, 0.25) is 0 Å². The maximum Gasteiger partial charge on any atom is 0.309 e. The summed E-state index contributed by atoms with van der Waals surface area (Å²) in [5.74, 6) is -0.364. The van der Waals surface area contributed by atoms with Crippen molar-refractivity contribution in [3.63, 3.8) is 0 Å². The van der Waals surface area contributed by atoms with E-state index in [4.69, 9.17) is 9.47 Å². The molecule has 1 aromatic carbocycles. The van der Waals surface area contributed by atoms with Gasteiger partial charge in [-0.2, -0.15) is 0 Å². The van der Waals surface area contributed by atoms with Gasteiger partial charge in [-0.25, -0.2) is 8.42 Å². The zero-order valence-corrected chi connectivity index (χ0v) is 17.3. The predicted molar refractivity (Wildman–Crippen MR) is 107 cm³/mol. The second-order valence-electron chi connectivity index (χ2n) is 6.81. The Morgan fingerprint density at radius 1 is 1.18 bits per heavy atom. The van der Waals surface area contributed by atoms with Gasteiger partial charge in [0.1, 0.15) is 5.75 Å². The third kappa shape index (κ3) is 6.34. The highest BCUT2D eigenvalue weighted by molar-refractivity contribution is 7.91. The van der Waals surface area contributed by atoms with Crippen LogP contribution in [0.25, 0.3) is 0 Å². The van der Waals surface area contributed by atoms with Crippen LogP contribution in [0, 0.1) is 11.8 Å². The van der Waals surface area contributed by atoms with Gasteiger partial charge in [0, 0.05) is 12.4 Å². The number of carbonyl (C=O) groups excluding carboxylic acids is 1. The number of methoxy groups -OCH3 is 1. The molecular formula is C21H27NO5S. The van der Waals surface area contributed by atoms with Crippen LogP contribution in [0.1, 0.15) is 25.8 Å². The standard InChI is InChI=1S/C21H27NO5S/c1-4-27-21(23)18(13-17-6-5-11-22-14-17)12-16(2)15-28(24,25)20-9-7-19(26-3)8-10-20/h5-11,14,16,18H,4,12-13,15H2,1-3H3. The quantitative estimate of drug-likeness (QED) is 0.564. The number of esters is 1. The minimum atomic E-state index is -3.46. The lowest BCUT2D eigenvalue weighted by Gasteiger charge is -2.20. The van der Waals surface area contributed by atoms with Gasteiger partial charge >= 0.3 is 5.97 Å². The Morgan fingerprint density at radius 2 is 1.89 bits per heavy atom. The Bertz CT molecular complexity index is 850. The Kier molecular flexibility index (Phi) is 7.99. The first-order valence-corrected chi connectivity index (χ1v) is 10.9. The van der Waals surface area contributed by atoms with Crippen LogP contribution in [-0.2, 0) is 25.8 Å². The van der Waals surface area contributed by atoms with E-state index in [1.54, 1.807) is 43.6 Å². The number of hydrogen-bond acceptors (Lipinski definition) is 6. The third-order valence-electron chi connectivity index (χ3n) is 4.43. The van der Waals surface area contributed by atoms with Crippen LogP contribution in [-0.4, -0.2) is 38.8 Å². The van der Waals surface area contributed by atoms with Gasteiger partial charge in [-0.1, -0.05) is 13.0 Å². The van der Waals surface area contributed by atoms with Gasteiger partial charge < -0.3 is 9.47 Å². The van der Waals surface area contributed by atoms with Gasteiger partial charge in [0.25, 0.3) is 0 Å². The molecule has 0 bridgehead atoms. The second-order valence-corrected chi connectivity index (χ2v) is 8.85. The molecule has 7 heteroatoms. The van der Waals surface area contributed by atoms with Crippen molar-refractivity contribution >= 4 is 15.8 Å². The summed E-state index contributed by atoms with van der Waals surface area (Å²) in [6.07, 6.45) is 4.28. The molecule has 0 aliphatic carbocycles. The Labute approximate surface area is 166 Å². The van der Waals surface area contributed by atoms with Crippen LogP contribution < -0.4 is 4.74 Å². The van der Waals surface area contributed by atoms with E-state index in [9.17, 15) is 13.2 Å². The summed E-state index contributed by atoms with van der Waals surface area (Å²) in [5.41, 5.74) is 0.922. The van der Waals surface area contributed by atoms with Gasteiger partial charge in [-0.05, 0) is 61.6 Å². The minimum absolute atomic E-state index is 0.0394. The third-order valence-corrected chi connectivity index (χ3v) is 6.43. The van der Waals surface area contributed by atoms with Crippen molar-refractivity contribution in [3.8, 4) is 5.75 Å². The lowest BCUT2D eigenvalue weighted by Crippen LogP contribution is -2.25. The van der Waals surface area contributed by atoms with E-state index >= 15 is 0 Å². The fourth-order valence-electron chi connectivity index (χ4n) is 3.13. The summed E-state index contributed by atoms with van der Waals surface area (Å²) in [6, 6.07) is 10.1. The first-order valence-electron chi connectivity index (χ1n) is 9.28. The van der Waals surface area contributed by atoms with Crippen molar-refractivity contribution < 1.29 is 22.7 Å². The molecule has 0 fully saturated rings. The maximum atomic E-state index is 12.7. The zero-order valence-electron chi connectivity index (χ0n) is 16.5. The molecule has 0 saturated carbocycles. The molecule has 28 heavy (non-hydrogen) atoms. The lowest BCUT2D eigenvalue weighted by atomic mass is 9.91. The first kappa shape index (κ1) is 21.9. The van der Waals surface area contributed by atoms with E-state index in [0.717, 1.165) is 5.56 Å². The number of rotatable bonds is 10. The van der Waals surface area contributed by atoms with Gasteiger partial charge in [0.2, 0.25) is 0 Å². The Hall–Kier alpha value is -2.41. The SMILES string of the molecule is CCOC(=O)C(Cc1cccnc1)CC(C)CS(=O)(=O)c1ccc(OC)cc1. The van der Waals surface area contributed by atoms with Gasteiger partial charge in [-0.3, -0.25) is 9.78 Å². The van der Waals surface area contributed by atoms with Crippen LogP contribution in [0.4, 0.5) is 0 Å². The van der Waals surface area contributed by atoms with Crippen molar-refractivity contribution in [2.45, 2.75) is 31.6 Å². The largest absolute Gasteiger partial charge is 0.497 e. The van der Waals surface area contributed by atoms with E-state index in [-0.39, 0.29) is 22.5 Å². The number of nitrogens with zero attached hydrogens (tertiary/aromatic N) is 1. The molecule has 6 nitrogen and oxygen atoms in total. The monoisotopic (exact) mass is 405 g/mol. The number of sulfone groups is 1. The summed E-state index contributed by atoms with van der Waals surface area (Å²) >= 11 is 0. The molecule has 0 spiro atoms. The second kappa shape index (κ2) is 10.2. The first-order chi connectivity index (χ1) is 13.4. The molecule has 0 aliphatic heterocycles. The summed E-state index contributed by atoms with van der Waals surface area (Å²) < 4.78 is 35.7. The molecule has 2 rings (SSSR count). The number of carbonyl (C=O) groups is 1. The molecule has 0 aliphatic rings. The molecule has 0 amide bonds. The number of pyridine rings is 1. The normalized spacial score (nSPS) is 13.5. The van der Waals surface area contributed by atoms with Crippen LogP contribution in [0.5, 0.6) is 5.75 Å². The number of hydrogen-bond donors (Lipinski definition) is 0. The fourth-order valence-corrected chi connectivity index (χ4v) is 4.76. The maximum absolute atomic E-state index is 12.7. The van der Waals surface area contributed by atoms with Gasteiger partial charge in [0.05, 0.1) is 30.3 Å². The predicted octanol–water partition coefficient (Wildman–Crippen LogP) is 3.31. The van der Waals surface area contributed by atoms with E-state index in [2.05, 4.69) is 4.98 Å². The topological polar surface area (TPSA) is 82.6 Å². The minimum Gasteiger partial charge on any atom is -0.497 e. The average Bonchev–Trinajstić information content (AvgIpc) is 2.68. The zero-order chi connectivity index (χ0) is 20.6. The summed E-state index contributed by atoms with van der Waals surface area (Å²) in [7, 11) is -1.93. The van der Waals surface area contributed by atoms with Crippen molar-refractivity contribution in [2.24, 2.45) is 11.8 Å². The molecule has 152 valence electrons. The van der Waals surface area contributed by atoms with Crippen LogP contribution in [0.3, 0.4) is 0 Å². The highest BCUT2D eigenvalue weighted by Crippen LogP contribution is 2.24.